The van der Waals surface area contributed by atoms with Crippen LogP contribution in [0.4, 0.5) is 83.4 Å². The molecule has 0 aliphatic carbocycles. The van der Waals surface area contributed by atoms with Gasteiger partial charge in [0.1, 0.15) is 0 Å². The van der Waals surface area contributed by atoms with E-state index in [1.54, 1.807) is 4.74 Å². The van der Waals surface area contributed by atoms with E-state index >= 15 is 0 Å². The van der Waals surface area contributed by atoms with Gasteiger partial charge in [0.05, 0.1) is 0 Å². The topological polar surface area (TPSA) is 27.7 Å². The van der Waals surface area contributed by atoms with Crippen LogP contribution in [0.3, 0.4) is 0 Å². The maximum Gasteiger partial charge on any atom is 0.471 e. The van der Waals surface area contributed by atoms with E-state index < -0.39 is 59.3 Å². The van der Waals surface area contributed by atoms with Crippen molar-refractivity contribution < 1.29 is 97.6 Å². The fraction of sp³-hybridized carbons (Fsp3) is 0.800. The molecule has 0 aromatic rings. The summed E-state index contributed by atoms with van der Waals surface area (Å²) in [5.41, 5.74) is 0. The molecule has 0 radical (unpaired) electrons. The van der Waals surface area contributed by atoms with Crippen molar-refractivity contribution in [3.8, 4) is 0 Å². The molecule has 2 unspecified atom stereocenters. The van der Waals surface area contributed by atoms with Crippen LogP contribution >= 0.6 is 15.9 Å². The van der Waals surface area contributed by atoms with Crippen LogP contribution in [-0.4, -0.2) is 47.2 Å². The molecule has 0 aromatic heterocycles. The van der Waals surface area contributed by atoms with Gasteiger partial charge < -0.3 is 4.74 Å². The standard InChI is InChI=1S/C10BrF19O3/c11-5(17,18)10(29,30)33-4(16,7(22,23)24)9(27,28)32-3(15,6(19,20)21)8(25,26)31-2(14)1(12)13. The highest BCUT2D eigenvalue weighted by Gasteiger charge is 2.86. The van der Waals surface area contributed by atoms with Gasteiger partial charge in [0.2, 0.25) is 0 Å². The van der Waals surface area contributed by atoms with Crippen molar-refractivity contribution in [2.75, 3.05) is 0 Å². The third-order valence-corrected chi connectivity index (χ3v) is 3.17. The third-order valence-electron chi connectivity index (χ3n) is 2.71. The average Bonchev–Trinajstić information content (AvgIpc) is 2.49. The first-order valence-electron chi connectivity index (χ1n) is 6.50. The Hall–Kier alpha value is -1.39. The lowest BCUT2D eigenvalue weighted by Gasteiger charge is -2.41. The van der Waals surface area contributed by atoms with Crippen molar-refractivity contribution in [2.45, 2.75) is 47.2 Å². The predicted octanol–water partition coefficient (Wildman–Crippen LogP) is 7.29. The Bertz CT molecular complexity index is 734. The summed E-state index contributed by atoms with van der Waals surface area (Å²) in [6.07, 6.45) is -42.8. The molecule has 33 heavy (non-hydrogen) atoms. The normalized spacial score (nSPS) is 18.4. The van der Waals surface area contributed by atoms with Crippen LogP contribution in [0.15, 0.2) is 12.1 Å². The first-order valence-corrected chi connectivity index (χ1v) is 7.30. The minimum Gasteiger partial charge on any atom is -0.398 e. The molecule has 23 heteroatoms. The van der Waals surface area contributed by atoms with Crippen molar-refractivity contribution in [3.63, 3.8) is 0 Å². The Kier molecular flexibility index (Phi) is 8.31. The van der Waals surface area contributed by atoms with Crippen molar-refractivity contribution in [2.24, 2.45) is 0 Å². The van der Waals surface area contributed by atoms with Gasteiger partial charge >= 0.3 is 59.3 Å². The van der Waals surface area contributed by atoms with Gasteiger partial charge in [-0.1, -0.05) is 0 Å². The van der Waals surface area contributed by atoms with Gasteiger partial charge in [0.15, 0.2) is 0 Å². The van der Waals surface area contributed by atoms with Gasteiger partial charge in [-0.05, 0) is 0 Å². The van der Waals surface area contributed by atoms with Crippen LogP contribution in [0, 0.1) is 0 Å². The molecule has 0 saturated heterocycles. The quantitative estimate of drug-likeness (QED) is 0.156. The number of rotatable bonds is 9. The van der Waals surface area contributed by atoms with E-state index in [0.717, 1.165) is 0 Å². The lowest BCUT2D eigenvalue weighted by atomic mass is 10.2. The second-order valence-electron chi connectivity index (χ2n) is 5.07. The van der Waals surface area contributed by atoms with Gasteiger partial charge in [-0.2, -0.15) is 83.4 Å². The molecule has 0 saturated carbocycles. The van der Waals surface area contributed by atoms with E-state index in [4.69, 9.17) is 0 Å². The smallest absolute Gasteiger partial charge is 0.398 e. The summed E-state index contributed by atoms with van der Waals surface area (Å²) in [7, 11) is 0. The first kappa shape index (κ1) is 31.6. The Morgan fingerprint density at radius 2 is 0.788 bits per heavy atom. The van der Waals surface area contributed by atoms with Crippen LogP contribution in [0.5, 0.6) is 0 Å². The molecule has 0 bridgehead atoms. The van der Waals surface area contributed by atoms with Crippen molar-refractivity contribution in [1.29, 1.82) is 0 Å². The van der Waals surface area contributed by atoms with Crippen LogP contribution in [0.25, 0.3) is 0 Å². The monoisotopic (exact) mass is 608 g/mol. The summed E-state index contributed by atoms with van der Waals surface area (Å²) < 4.78 is 247. The van der Waals surface area contributed by atoms with Crippen LogP contribution in [0.2, 0.25) is 0 Å². The molecule has 0 aliphatic heterocycles. The Balaban J connectivity index is 6.83. The fourth-order valence-electron chi connectivity index (χ4n) is 1.26. The van der Waals surface area contributed by atoms with E-state index in [2.05, 4.69) is 0 Å². The van der Waals surface area contributed by atoms with Crippen molar-refractivity contribution in [1.82, 2.24) is 0 Å². The van der Waals surface area contributed by atoms with Gasteiger partial charge in [-0.15, -0.1) is 0 Å². The summed E-state index contributed by atoms with van der Waals surface area (Å²) in [4.78, 5) is -6.23. The average molecular weight is 609 g/mol. The molecular weight excluding hydrogens is 609 g/mol. The first-order chi connectivity index (χ1) is 14.0. The molecule has 0 spiro atoms. The molecule has 0 aromatic carbocycles. The molecule has 0 amide bonds. The lowest BCUT2D eigenvalue weighted by molar-refractivity contribution is -0.562. The number of alkyl halides is 17. The van der Waals surface area contributed by atoms with Gasteiger partial charge in [-0.25, -0.2) is 0 Å². The summed E-state index contributed by atoms with van der Waals surface area (Å²) in [6, 6.07) is -4.16. The molecule has 198 valence electrons. The maximum absolute atomic E-state index is 13.7. The summed E-state index contributed by atoms with van der Waals surface area (Å²) in [5, 5.41) is 0. The highest BCUT2D eigenvalue weighted by Crippen LogP contribution is 2.57. The van der Waals surface area contributed by atoms with E-state index in [1.165, 1.54) is 9.47 Å². The molecule has 0 heterocycles. The zero-order valence-electron chi connectivity index (χ0n) is 13.8. The second kappa shape index (κ2) is 8.68. The summed E-state index contributed by atoms with van der Waals surface area (Å²) in [6.45, 7) is 0. The maximum atomic E-state index is 13.7. The number of hydrogen-bond acceptors (Lipinski definition) is 3. The predicted molar refractivity (Wildman–Crippen MR) is 62.1 cm³/mol. The van der Waals surface area contributed by atoms with E-state index in [0.29, 0.717) is 15.9 Å². The van der Waals surface area contributed by atoms with Crippen LogP contribution in [-0.2, 0) is 14.2 Å². The van der Waals surface area contributed by atoms with Crippen molar-refractivity contribution >= 4 is 15.9 Å². The molecule has 0 rings (SSSR count). The molecule has 0 fully saturated rings. The van der Waals surface area contributed by atoms with E-state index in [9.17, 15) is 83.4 Å². The highest BCUT2D eigenvalue weighted by atomic mass is 79.9. The Morgan fingerprint density at radius 1 is 0.485 bits per heavy atom. The summed E-state index contributed by atoms with van der Waals surface area (Å²) in [5.74, 6) is -16.0. The molecule has 2 atom stereocenters. The molecular formula is C10BrF19O3. The number of halogens is 20. The summed E-state index contributed by atoms with van der Waals surface area (Å²) >= 11 is 0.512. The van der Waals surface area contributed by atoms with Gasteiger partial charge in [0.25, 0.3) is 0 Å². The fourth-order valence-corrected chi connectivity index (χ4v) is 1.34. The number of hydrogen-bond donors (Lipinski definition) is 0. The molecule has 0 N–H and O–H groups in total. The molecule has 3 nitrogen and oxygen atoms in total. The number of ether oxygens (including phenoxy) is 3. The zero-order valence-corrected chi connectivity index (χ0v) is 15.4. The zero-order chi connectivity index (χ0) is 27.3. The Morgan fingerprint density at radius 3 is 1.06 bits per heavy atom. The SMILES string of the molecule is FC(F)=C(F)OC(F)(F)C(F)(OC(F)(F)C(F)(OC(F)(F)C(F)(F)Br)C(F)(F)F)C(F)(F)F. The van der Waals surface area contributed by atoms with Crippen molar-refractivity contribution in [3.05, 3.63) is 12.1 Å². The molecule has 0 aliphatic rings. The third kappa shape index (κ3) is 6.00. The van der Waals surface area contributed by atoms with Gasteiger partial charge in [-0.3, -0.25) is 9.47 Å². The lowest BCUT2D eigenvalue weighted by Crippen LogP contribution is -2.68. The minimum absolute atomic E-state index is 0.512. The van der Waals surface area contributed by atoms with E-state index in [1.807, 2.05) is 0 Å². The highest BCUT2D eigenvalue weighted by molar-refractivity contribution is 9.10. The van der Waals surface area contributed by atoms with E-state index in [-0.39, 0.29) is 0 Å². The van der Waals surface area contributed by atoms with Crippen LogP contribution in [0.1, 0.15) is 0 Å². The second-order valence-corrected chi connectivity index (χ2v) is 6.07. The Labute approximate surface area is 174 Å². The van der Waals surface area contributed by atoms with Gasteiger partial charge in [0, 0.05) is 15.9 Å². The van der Waals surface area contributed by atoms with Crippen LogP contribution < -0.4 is 0 Å². The largest absolute Gasteiger partial charge is 0.471 e. The minimum atomic E-state index is -8.14.